The minimum absolute atomic E-state index is 0.0171. The normalized spacial score (nSPS) is 23.1. The van der Waals surface area contributed by atoms with E-state index in [-0.39, 0.29) is 62.5 Å². The van der Waals surface area contributed by atoms with E-state index in [0.717, 1.165) is 27.9 Å². The lowest BCUT2D eigenvalue weighted by Gasteiger charge is -2.33. The molecule has 74 heavy (non-hydrogen) atoms. The number of para-hydroxylation sites is 1. The van der Waals surface area contributed by atoms with Gasteiger partial charge in [0.1, 0.15) is 42.3 Å². The SMILES string of the molecule is C=CC(C)(C)n1cc(C[C@@H]2NC(=O)[C@H](CC=CC)NC(=O)[C@H](CC(C)C)NC(=O)[C@H](C[C@H](C)CO)N(C)C(=O)[C@H](C)NC(=O)[C@H](Cc3ccc(O)c([N+](=O)[O-])c3)NC(=O)[C@H](CC(C)C)N(C)C2=O)c2ccccc21. The number of allylic oxidation sites excluding steroid dienone is 2. The first-order valence-electron chi connectivity index (χ1n) is 25.2. The number of amides is 7. The summed E-state index contributed by atoms with van der Waals surface area (Å²) in [6.45, 7) is 19.8. The number of aromatic hydroxyl groups is 1. The largest absolute Gasteiger partial charge is 0.502 e. The van der Waals surface area contributed by atoms with E-state index in [0.29, 0.717) is 5.56 Å². The van der Waals surface area contributed by atoms with Crippen molar-refractivity contribution >= 4 is 57.9 Å². The third-order valence-corrected chi connectivity index (χ3v) is 13.4. The highest BCUT2D eigenvalue weighted by molar-refractivity contribution is 5.99. The molecule has 0 spiro atoms. The Balaban J connectivity index is 1.97. The molecular formula is C54H77N9O11. The van der Waals surface area contributed by atoms with E-state index in [1.165, 1.54) is 32.0 Å². The van der Waals surface area contributed by atoms with Crippen LogP contribution in [0.3, 0.4) is 0 Å². The van der Waals surface area contributed by atoms with Gasteiger partial charge in [0.2, 0.25) is 41.4 Å². The minimum atomic E-state index is -1.54. The van der Waals surface area contributed by atoms with Crippen LogP contribution < -0.4 is 26.6 Å². The number of likely N-dealkylation sites (N-methyl/N-ethyl adjacent to an activating group) is 2. The molecule has 2 heterocycles. The van der Waals surface area contributed by atoms with E-state index in [1.807, 2.05) is 76.6 Å². The predicted octanol–water partition coefficient (Wildman–Crippen LogP) is 4.15. The van der Waals surface area contributed by atoms with Gasteiger partial charge in [0.25, 0.3) is 0 Å². The molecule has 0 saturated carbocycles. The summed E-state index contributed by atoms with van der Waals surface area (Å²) >= 11 is 0. The number of phenols is 1. The molecule has 0 unspecified atom stereocenters. The van der Waals surface area contributed by atoms with Gasteiger partial charge in [-0.15, -0.1) is 6.58 Å². The summed E-state index contributed by atoms with van der Waals surface area (Å²) < 4.78 is 2.01. The zero-order valence-electron chi connectivity index (χ0n) is 44.6. The Morgan fingerprint density at radius 3 is 1.89 bits per heavy atom. The first kappa shape index (κ1) is 59.5. The molecule has 20 heteroatoms. The van der Waals surface area contributed by atoms with E-state index >= 15 is 4.79 Å². The average molecular weight is 1030 g/mol. The van der Waals surface area contributed by atoms with E-state index in [9.17, 15) is 49.1 Å². The summed E-state index contributed by atoms with van der Waals surface area (Å²) in [7, 11) is 2.76. The van der Waals surface area contributed by atoms with Gasteiger partial charge in [0.05, 0.1) is 10.5 Å². The highest BCUT2D eigenvalue weighted by Crippen LogP contribution is 2.31. The maximum atomic E-state index is 15.3. The van der Waals surface area contributed by atoms with Gasteiger partial charge in [-0.2, -0.15) is 0 Å². The van der Waals surface area contributed by atoms with Crippen molar-refractivity contribution in [2.24, 2.45) is 17.8 Å². The highest BCUT2D eigenvalue weighted by Gasteiger charge is 2.39. The second-order valence-corrected chi connectivity index (χ2v) is 20.9. The molecule has 1 aromatic heterocycles. The van der Waals surface area contributed by atoms with Crippen molar-refractivity contribution in [1.29, 1.82) is 0 Å². The number of nitrogens with one attached hydrogen (secondary N) is 5. The lowest BCUT2D eigenvalue weighted by Crippen LogP contribution is -2.60. The molecule has 1 saturated heterocycles. The molecule has 404 valence electrons. The number of nitro groups is 1. The van der Waals surface area contributed by atoms with Gasteiger partial charge in [-0.25, -0.2) is 0 Å². The molecule has 2 aromatic carbocycles. The van der Waals surface area contributed by atoms with Crippen molar-refractivity contribution in [3.05, 3.63) is 94.7 Å². The van der Waals surface area contributed by atoms with E-state index in [2.05, 4.69) is 33.2 Å². The second-order valence-electron chi connectivity index (χ2n) is 20.9. The van der Waals surface area contributed by atoms with Crippen LogP contribution in [0.1, 0.15) is 99.1 Å². The molecule has 7 N–H and O–H groups in total. The Kier molecular flexibility index (Phi) is 21.1. The molecule has 1 fully saturated rings. The van der Waals surface area contributed by atoms with Crippen LogP contribution in [-0.4, -0.2) is 134 Å². The molecule has 4 rings (SSSR count). The van der Waals surface area contributed by atoms with Crippen LogP contribution in [-0.2, 0) is 51.9 Å². The lowest BCUT2D eigenvalue weighted by atomic mass is 9.98. The Morgan fingerprint density at radius 2 is 1.30 bits per heavy atom. The first-order chi connectivity index (χ1) is 34.7. The van der Waals surface area contributed by atoms with Crippen molar-refractivity contribution in [3.63, 3.8) is 0 Å². The standard InChI is InChI=1S/C54H77N9O11/c1-13-15-19-38-47(66)59-41(28-36-29-62(54(9,10)14-2)42-20-17-16-18-37(36)42)53(72)61(12)44(24-32(5)6)50(69)58-40(26-35-21-22-46(65)43(27-35)63(73)74)48(67)55-34(8)52(71)60(11)45(25-33(7)30-64)51(70)57-39(23-31(3)4)49(68)56-38/h13-18,20-22,27,29,31-34,38-41,44-45,64-65H,2,19,23-26,28,30H2,1,3-12H3,(H,55,67)(H,56,68)(H,57,70)(H,58,69)(H,59,66)/t33-,34-,38-,39-,40-,41-,44-,45-/m0/s1. The summed E-state index contributed by atoms with van der Waals surface area (Å²) in [6, 6.07) is 1.71. The summed E-state index contributed by atoms with van der Waals surface area (Å²) in [5, 5.41) is 46.9. The van der Waals surface area contributed by atoms with Gasteiger partial charge in [-0.3, -0.25) is 43.7 Å². The van der Waals surface area contributed by atoms with Gasteiger partial charge in [0.15, 0.2) is 5.75 Å². The van der Waals surface area contributed by atoms with Crippen molar-refractivity contribution in [2.45, 2.75) is 149 Å². The van der Waals surface area contributed by atoms with Crippen molar-refractivity contribution in [2.75, 3.05) is 20.7 Å². The molecule has 20 nitrogen and oxygen atoms in total. The topological polar surface area (TPSA) is 275 Å². The quantitative estimate of drug-likeness (QED) is 0.0608. The van der Waals surface area contributed by atoms with Crippen LogP contribution in [0.15, 0.2) is 73.5 Å². The number of nitro benzene ring substituents is 1. The third kappa shape index (κ3) is 15.2. The van der Waals surface area contributed by atoms with E-state index in [4.69, 9.17) is 0 Å². The number of fused-ring (bicyclic) bond motifs is 1. The van der Waals surface area contributed by atoms with Crippen molar-refractivity contribution in [3.8, 4) is 5.75 Å². The smallest absolute Gasteiger partial charge is 0.310 e. The molecule has 1 aliphatic heterocycles. The third-order valence-electron chi connectivity index (χ3n) is 13.4. The van der Waals surface area contributed by atoms with Crippen molar-refractivity contribution in [1.82, 2.24) is 41.0 Å². The Labute approximate surface area is 433 Å². The summed E-state index contributed by atoms with van der Waals surface area (Å²) in [6.07, 6.45) is 6.68. The number of hydrogen-bond donors (Lipinski definition) is 7. The summed E-state index contributed by atoms with van der Waals surface area (Å²) in [5.41, 5.74) is 0.409. The number of carbonyl (C=O) groups excluding carboxylic acids is 7. The second kappa shape index (κ2) is 26.2. The minimum Gasteiger partial charge on any atom is -0.502 e. The zero-order valence-corrected chi connectivity index (χ0v) is 44.6. The summed E-state index contributed by atoms with van der Waals surface area (Å²) in [4.78, 5) is 116. The van der Waals surface area contributed by atoms with Gasteiger partial charge in [-0.05, 0) is 94.4 Å². The maximum absolute atomic E-state index is 15.3. The summed E-state index contributed by atoms with van der Waals surface area (Å²) in [5.74, 6) is -6.87. The van der Waals surface area contributed by atoms with Crippen LogP contribution in [0.4, 0.5) is 5.69 Å². The number of rotatable bonds is 16. The van der Waals surface area contributed by atoms with Crippen molar-refractivity contribution < 1.29 is 48.7 Å². The first-order valence-corrected chi connectivity index (χ1v) is 25.2. The Bertz CT molecular complexity index is 2570. The number of benzene rings is 2. The lowest BCUT2D eigenvalue weighted by molar-refractivity contribution is -0.385. The molecule has 8 atom stereocenters. The van der Waals surface area contributed by atoms with E-state index in [1.54, 1.807) is 32.1 Å². The maximum Gasteiger partial charge on any atom is 0.310 e. The Morgan fingerprint density at radius 1 is 0.743 bits per heavy atom. The fourth-order valence-electron chi connectivity index (χ4n) is 9.00. The average Bonchev–Trinajstić information content (AvgIpc) is 3.73. The fraction of sp³-hybridized carbons (Fsp3) is 0.537. The molecular weight excluding hydrogens is 951 g/mol. The fourth-order valence-corrected chi connectivity index (χ4v) is 9.00. The number of aliphatic hydroxyl groups is 1. The van der Waals surface area contributed by atoms with Gasteiger partial charge >= 0.3 is 5.69 Å². The number of hydrogen-bond acceptors (Lipinski definition) is 11. The molecule has 0 radical (unpaired) electrons. The van der Waals surface area contributed by atoms with Gasteiger partial charge < -0.3 is 51.2 Å². The molecule has 3 aromatic rings. The zero-order chi connectivity index (χ0) is 55.4. The van der Waals surface area contributed by atoms with E-state index < -0.39 is 111 Å². The molecule has 7 amide bonds. The number of phenolic OH excluding ortho intramolecular Hbond substituents is 1. The Hall–Kier alpha value is -7.09. The monoisotopic (exact) mass is 1030 g/mol. The van der Waals surface area contributed by atoms with Gasteiger partial charge in [-0.1, -0.05) is 77.1 Å². The number of aliphatic hydroxyl groups excluding tert-OH is 1. The number of aromatic nitrogens is 1. The highest BCUT2D eigenvalue weighted by atomic mass is 16.6. The van der Waals surface area contributed by atoms with Crippen LogP contribution >= 0.6 is 0 Å². The molecule has 1 aliphatic rings. The van der Waals surface area contributed by atoms with Crippen LogP contribution in [0.2, 0.25) is 0 Å². The van der Waals surface area contributed by atoms with Gasteiger partial charge in [0, 0.05) is 56.7 Å². The molecule has 0 bridgehead atoms. The number of nitrogens with zero attached hydrogens (tertiary/aromatic N) is 4. The molecule has 0 aliphatic carbocycles. The van der Waals surface area contributed by atoms with Crippen LogP contribution in [0.25, 0.3) is 10.9 Å². The van der Waals surface area contributed by atoms with Crippen LogP contribution in [0, 0.1) is 27.9 Å². The van der Waals surface area contributed by atoms with Crippen LogP contribution in [0.5, 0.6) is 5.75 Å². The predicted molar refractivity (Wildman–Crippen MR) is 281 cm³/mol. The number of carbonyl (C=O) groups is 7.